The SMILES string of the molecule is CN1CCN(c2nc3cc(C(F)(F)F)ccc3o2)CC1.[Br-]. The molecule has 8 heteroatoms. The van der Waals surface area contributed by atoms with Gasteiger partial charge in [-0.15, -0.1) is 0 Å². The van der Waals surface area contributed by atoms with Gasteiger partial charge in [-0.25, -0.2) is 0 Å². The van der Waals surface area contributed by atoms with Crippen LogP contribution in [-0.4, -0.2) is 43.1 Å². The van der Waals surface area contributed by atoms with Crippen molar-refractivity contribution in [2.75, 3.05) is 38.1 Å². The summed E-state index contributed by atoms with van der Waals surface area (Å²) >= 11 is 0. The Labute approximate surface area is 130 Å². The molecular formula is C13H14BrF3N3O-. The number of likely N-dealkylation sites (N-methyl/N-ethyl adjacent to an activating group) is 1. The quantitative estimate of drug-likeness (QED) is 0.689. The molecule has 2 heterocycles. The molecule has 0 spiro atoms. The summed E-state index contributed by atoms with van der Waals surface area (Å²) in [7, 11) is 2.03. The van der Waals surface area contributed by atoms with Crippen LogP contribution in [-0.2, 0) is 6.18 Å². The Bertz CT molecular complexity index is 621. The molecule has 1 saturated heterocycles. The molecule has 0 saturated carbocycles. The highest BCUT2D eigenvalue weighted by Gasteiger charge is 2.31. The van der Waals surface area contributed by atoms with E-state index in [9.17, 15) is 13.2 Å². The number of halogens is 4. The van der Waals surface area contributed by atoms with Gasteiger partial charge in [-0.2, -0.15) is 18.2 Å². The van der Waals surface area contributed by atoms with Crippen molar-refractivity contribution in [3.05, 3.63) is 23.8 Å². The first-order valence-electron chi connectivity index (χ1n) is 6.35. The van der Waals surface area contributed by atoms with Gasteiger partial charge in [0.05, 0.1) is 5.56 Å². The van der Waals surface area contributed by atoms with E-state index in [1.165, 1.54) is 6.07 Å². The monoisotopic (exact) mass is 364 g/mol. The molecule has 0 amide bonds. The maximum Gasteiger partial charge on any atom is 0.416 e. The van der Waals surface area contributed by atoms with E-state index < -0.39 is 11.7 Å². The first kappa shape index (κ1) is 16.1. The van der Waals surface area contributed by atoms with Crippen molar-refractivity contribution in [1.82, 2.24) is 9.88 Å². The number of oxazole rings is 1. The summed E-state index contributed by atoms with van der Waals surface area (Å²) in [5.41, 5.74) is -0.0797. The van der Waals surface area contributed by atoms with Crippen LogP contribution in [0.4, 0.5) is 19.2 Å². The van der Waals surface area contributed by atoms with Crippen LogP contribution in [0.15, 0.2) is 22.6 Å². The van der Waals surface area contributed by atoms with Crippen LogP contribution in [0.3, 0.4) is 0 Å². The average molecular weight is 365 g/mol. The molecule has 0 radical (unpaired) electrons. The van der Waals surface area contributed by atoms with Crippen molar-refractivity contribution in [2.24, 2.45) is 0 Å². The summed E-state index contributed by atoms with van der Waals surface area (Å²) in [4.78, 5) is 8.31. The Kier molecular flexibility index (Phi) is 4.48. The molecule has 1 aromatic heterocycles. The minimum absolute atomic E-state index is 0. The molecule has 1 aromatic carbocycles. The number of benzene rings is 1. The van der Waals surface area contributed by atoms with Crippen molar-refractivity contribution < 1.29 is 34.6 Å². The molecule has 3 rings (SSSR count). The molecule has 116 valence electrons. The van der Waals surface area contributed by atoms with Gasteiger partial charge in [0.25, 0.3) is 6.01 Å². The minimum atomic E-state index is -4.36. The molecule has 0 N–H and O–H groups in total. The Morgan fingerprint density at radius 3 is 2.43 bits per heavy atom. The fourth-order valence-electron chi connectivity index (χ4n) is 2.22. The molecule has 0 aliphatic carbocycles. The highest BCUT2D eigenvalue weighted by Crippen LogP contribution is 2.32. The second kappa shape index (κ2) is 5.84. The zero-order chi connectivity index (χ0) is 14.3. The van der Waals surface area contributed by atoms with Crippen LogP contribution in [0.25, 0.3) is 11.1 Å². The fraction of sp³-hybridized carbons (Fsp3) is 0.462. The van der Waals surface area contributed by atoms with E-state index in [0.29, 0.717) is 11.6 Å². The molecule has 4 nitrogen and oxygen atoms in total. The van der Waals surface area contributed by atoms with E-state index >= 15 is 0 Å². The number of alkyl halides is 3. The Morgan fingerprint density at radius 2 is 1.81 bits per heavy atom. The van der Waals surface area contributed by atoms with Gasteiger partial charge in [-0.3, -0.25) is 0 Å². The standard InChI is InChI=1S/C13H14F3N3O.BrH/c1-18-4-6-19(7-5-18)12-17-10-8-9(13(14,15)16)2-3-11(10)20-12;/h2-3,8H,4-7H2,1H3;1H/p-1. The fourth-order valence-corrected chi connectivity index (χ4v) is 2.22. The first-order chi connectivity index (χ1) is 9.43. The topological polar surface area (TPSA) is 32.5 Å². The summed E-state index contributed by atoms with van der Waals surface area (Å²) in [6, 6.07) is 3.76. The lowest BCUT2D eigenvalue weighted by atomic mass is 10.2. The van der Waals surface area contributed by atoms with Gasteiger partial charge >= 0.3 is 6.18 Å². The van der Waals surface area contributed by atoms with Crippen LogP contribution in [0, 0.1) is 0 Å². The van der Waals surface area contributed by atoms with Crippen molar-refractivity contribution in [1.29, 1.82) is 0 Å². The summed E-state index contributed by atoms with van der Waals surface area (Å²) in [5.74, 6) is 0. The smallest absolute Gasteiger partial charge is 0.416 e. The van der Waals surface area contributed by atoms with Crippen LogP contribution < -0.4 is 21.9 Å². The lowest BCUT2D eigenvalue weighted by Gasteiger charge is -2.31. The predicted molar refractivity (Wildman–Crippen MR) is 68.7 cm³/mol. The van der Waals surface area contributed by atoms with Gasteiger partial charge in [-0.1, -0.05) is 0 Å². The Hall–Kier alpha value is -1.28. The van der Waals surface area contributed by atoms with Crippen LogP contribution in [0.2, 0.25) is 0 Å². The second-order valence-corrected chi connectivity index (χ2v) is 4.97. The largest absolute Gasteiger partial charge is 1.00 e. The number of aromatic nitrogens is 1. The molecule has 2 aromatic rings. The number of hydrogen-bond acceptors (Lipinski definition) is 4. The maximum atomic E-state index is 12.6. The van der Waals surface area contributed by atoms with E-state index in [-0.39, 0.29) is 22.5 Å². The third kappa shape index (κ3) is 3.32. The van der Waals surface area contributed by atoms with E-state index in [1.54, 1.807) is 0 Å². The highest BCUT2D eigenvalue weighted by molar-refractivity contribution is 5.75. The van der Waals surface area contributed by atoms with Crippen LogP contribution in [0.1, 0.15) is 5.56 Å². The average Bonchev–Trinajstić information content (AvgIpc) is 2.81. The lowest BCUT2D eigenvalue weighted by molar-refractivity contribution is -0.137. The lowest BCUT2D eigenvalue weighted by Crippen LogP contribution is -3.00. The predicted octanol–water partition coefficient (Wildman–Crippen LogP) is -0.398. The maximum absolute atomic E-state index is 12.6. The molecule has 0 atom stereocenters. The summed E-state index contributed by atoms with van der Waals surface area (Å²) in [6.07, 6.45) is -4.36. The third-order valence-electron chi connectivity index (χ3n) is 3.48. The van der Waals surface area contributed by atoms with Gasteiger partial charge in [0.1, 0.15) is 5.52 Å². The molecule has 21 heavy (non-hydrogen) atoms. The van der Waals surface area contributed by atoms with Crippen molar-refractivity contribution in [3.63, 3.8) is 0 Å². The number of rotatable bonds is 1. The highest BCUT2D eigenvalue weighted by atomic mass is 79.9. The van der Waals surface area contributed by atoms with E-state index in [1.807, 2.05) is 11.9 Å². The molecule has 0 bridgehead atoms. The van der Waals surface area contributed by atoms with Gasteiger partial charge in [-0.05, 0) is 25.2 Å². The first-order valence-corrected chi connectivity index (χ1v) is 6.35. The minimum Gasteiger partial charge on any atom is -1.00 e. The van der Waals surface area contributed by atoms with Gasteiger partial charge < -0.3 is 31.2 Å². The summed E-state index contributed by atoms with van der Waals surface area (Å²) in [5, 5.41) is 0. The van der Waals surface area contributed by atoms with E-state index in [0.717, 1.165) is 38.3 Å². The van der Waals surface area contributed by atoms with E-state index in [2.05, 4.69) is 9.88 Å². The normalized spacial score (nSPS) is 17.0. The van der Waals surface area contributed by atoms with Gasteiger partial charge in [0.15, 0.2) is 5.58 Å². The number of anilines is 1. The molecule has 1 aliphatic rings. The van der Waals surface area contributed by atoms with Crippen molar-refractivity contribution in [3.8, 4) is 0 Å². The van der Waals surface area contributed by atoms with Crippen molar-refractivity contribution in [2.45, 2.75) is 6.18 Å². The number of nitrogens with zero attached hydrogens (tertiary/aromatic N) is 3. The zero-order valence-corrected chi connectivity index (χ0v) is 12.9. The Balaban J connectivity index is 0.00000161. The van der Waals surface area contributed by atoms with Crippen LogP contribution >= 0.6 is 0 Å². The third-order valence-corrected chi connectivity index (χ3v) is 3.48. The molecular weight excluding hydrogens is 351 g/mol. The molecule has 0 unspecified atom stereocenters. The summed E-state index contributed by atoms with van der Waals surface area (Å²) < 4.78 is 43.5. The summed E-state index contributed by atoms with van der Waals surface area (Å²) in [6.45, 7) is 3.28. The number of hydrogen-bond donors (Lipinski definition) is 0. The second-order valence-electron chi connectivity index (χ2n) is 4.97. The van der Waals surface area contributed by atoms with Crippen LogP contribution in [0.5, 0.6) is 0 Å². The Morgan fingerprint density at radius 1 is 1.14 bits per heavy atom. The van der Waals surface area contributed by atoms with Gasteiger partial charge in [0, 0.05) is 26.2 Å². The van der Waals surface area contributed by atoms with E-state index in [4.69, 9.17) is 4.42 Å². The van der Waals surface area contributed by atoms with Gasteiger partial charge in [0.2, 0.25) is 0 Å². The molecule has 1 aliphatic heterocycles. The van der Waals surface area contributed by atoms with Crippen molar-refractivity contribution >= 4 is 17.1 Å². The zero-order valence-electron chi connectivity index (χ0n) is 11.3. The number of piperazine rings is 1. The molecule has 1 fully saturated rings. The number of fused-ring (bicyclic) bond motifs is 1.